The summed E-state index contributed by atoms with van der Waals surface area (Å²) in [6.07, 6.45) is 10.3. The van der Waals surface area contributed by atoms with Crippen LogP contribution < -0.4 is 0 Å². The Labute approximate surface area is 205 Å². The Morgan fingerprint density at radius 3 is 2.21 bits per heavy atom. The van der Waals surface area contributed by atoms with Crippen molar-refractivity contribution in [1.29, 1.82) is 0 Å². The number of benzene rings is 4. The Morgan fingerprint density at radius 2 is 1.44 bits per heavy atom. The first-order valence-electron chi connectivity index (χ1n) is 12.2. The van der Waals surface area contributed by atoms with Gasteiger partial charge in [-0.15, -0.1) is 11.3 Å². The highest BCUT2D eigenvalue weighted by Crippen LogP contribution is 2.52. The fraction of sp³-hybridized carbons (Fsp3) is 0.152. The second-order valence-electron chi connectivity index (χ2n) is 9.29. The maximum atomic E-state index is 2.44. The molecule has 1 aliphatic carbocycles. The van der Waals surface area contributed by atoms with Crippen molar-refractivity contribution in [2.45, 2.75) is 32.6 Å². The number of rotatable bonds is 5. The molecular weight excluding hydrogens is 428 g/mol. The highest BCUT2D eigenvalue weighted by Gasteiger charge is 2.34. The molecule has 0 fully saturated rings. The summed E-state index contributed by atoms with van der Waals surface area (Å²) in [7, 11) is 0. The van der Waals surface area contributed by atoms with Gasteiger partial charge in [-0.1, -0.05) is 104 Å². The molecule has 34 heavy (non-hydrogen) atoms. The summed E-state index contributed by atoms with van der Waals surface area (Å²) < 4.78 is 1.35. The van der Waals surface area contributed by atoms with Crippen LogP contribution in [0.5, 0.6) is 0 Å². The molecule has 0 spiro atoms. The molecule has 0 amide bonds. The van der Waals surface area contributed by atoms with Gasteiger partial charge in [0.1, 0.15) is 0 Å². The summed E-state index contributed by atoms with van der Waals surface area (Å²) in [6.45, 7) is 6.74. The summed E-state index contributed by atoms with van der Waals surface area (Å²) >= 11 is 1.93. The van der Waals surface area contributed by atoms with Gasteiger partial charge in [0.25, 0.3) is 0 Å². The van der Waals surface area contributed by atoms with Gasteiger partial charge in [-0.2, -0.15) is 0 Å². The molecule has 1 atom stereocenters. The van der Waals surface area contributed by atoms with Gasteiger partial charge in [-0.3, -0.25) is 0 Å². The van der Waals surface area contributed by atoms with Gasteiger partial charge < -0.3 is 0 Å². The van der Waals surface area contributed by atoms with E-state index in [0.717, 1.165) is 6.42 Å². The van der Waals surface area contributed by atoms with E-state index in [0.29, 0.717) is 0 Å². The molecule has 4 aromatic carbocycles. The first-order valence-corrected chi connectivity index (χ1v) is 13.0. The van der Waals surface area contributed by atoms with E-state index in [-0.39, 0.29) is 5.41 Å². The molecule has 166 valence electrons. The van der Waals surface area contributed by atoms with Crippen molar-refractivity contribution in [2.24, 2.45) is 0 Å². The lowest BCUT2D eigenvalue weighted by Gasteiger charge is -2.29. The second-order valence-corrected chi connectivity index (χ2v) is 10.3. The number of hydrogen-bond donors (Lipinski definition) is 0. The molecular formula is C33H28S. The second kappa shape index (κ2) is 8.11. The third kappa shape index (κ3) is 2.97. The Bertz CT molecular complexity index is 1580. The molecule has 0 radical (unpaired) electrons. The maximum absolute atomic E-state index is 2.44. The van der Waals surface area contributed by atoms with Crippen LogP contribution in [-0.2, 0) is 5.41 Å². The Kier molecular flexibility index (Phi) is 5.04. The third-order valence-electron chi connectivity index (χ3n) is 7.23. The van der Waals surface area contributed by atoms with Crippen molar-refractivity contribution in [1.82, 2.24) is 0 Å². The van der Waals surface area contributed by atoms with Crippen molar-refractivity contribution in [3.8, 4) is 22.3 Å². The molecule has 1 aliphatic rings. The average molecular weight is 457 g/mol. The summed E-state index contributed by atoms with van der Waals surface area (Å²) in [5.41, 5.74) is 7.90. The van der Waals surface area contributed by atoms with Crippen LogP contribution in [0.3, 0.4) is 0 Å². The molecule has 5 aromatic rings. The lowest BCUT2D eigenvalue weighted by atomic mass is 9.76. The van der Waals surface area contributed by atoms with Crippen LogP contribution in [0.1, 0.15) is 43.2 Å². The SMILES string of the molecule is C/C=C\c1c(C(C)(/C=C\CC)c2ccc3c4c(cccc24)-c2ccccc2-3)sc2ccccc12. The Hall–Kier alpha value is -3.42. The highest BCUT2D eigenvalue weighted by atomic mass is 32.1. The van der Waals surface area contributed by atoms with Crippen LogP contribution in [0.2, 0.25) is 0 Å². The molecule has 0 nitrogen and oxygen atoms in total. The zero-order valence-corrected chi connectivity index (χ0v) is 20.7. The van der Waals surface area contributed by atoms with Crippen LogP contribution in [0, 0.1) is 0 Å². The first kappa shape index (κ1) is 21.1. The molecule has 1 heterocycles. The smallest absolute Gasteiger partial charge is 0.0460 e. The summed E-state index contributed by atoms with van der Waals surface area (Å²) in [6, 6.07) is 29.2. The Morgan fingerprint density at radius 1 is 0.765 bits per heavy atom. The third-order valence-corrected chi connectivity index (χ3v) is 8.66. The lowest BCUT2D eigenvalue weighted by molar-refractivity contribution is 0.744. The largest absolute Gasteiger partial charge is 0.138 e. The van der Waals surface area contributed by atoms with Crippen LogP contribution >= 0.6 is 11.3 Å². The lowest BCUT2D eigenvalue weighted by Crippen LogP contribution is -2.21. The predicted molar refractivity (Wildman–Crippen MR) is 151 cm³/mol. The molecule has 1 heteroatoms. The van der Waals surface area contributed by atoms with Crippen molar-refractivity contribution >= 4 is 38.3 Å². The minimum Gasteiger partial charge on any atom is -0.138 e. The summed E-state index contributed by atoms with van der Waals surface area (Å²) in [5.74, 6) is 0. The van der Waals surface area contributed by atoms with Gasteiger partial charge in [-0.05, 0) is 75.9 Å². The zero-order valence-electron chi connectivity index (χ0n) is 19.9. The Balaban J connectivity index is 1.69. The number of fused-ring (bicyclic) bond motifs is 4. The van der Waals surface area contributed by atoms with Crippen LogP contribution in [-0.4, -0.2) is 0 Å². The molecule has 1 unspecified atom stereocenters. The minimum absolute atomic E-state index is 0.236. The van der Waals surface area contributed by atoms with Crippen LogP contribution in [0.4, 0.5) is 0 Å². The molecule has 0 saturated carbocycles. The van der Waals surface area contributed by atoms with E-state index in [2.05, 4.69) is 124 Å². The minimum atomic E-state index is -0.236. The highest BCUT2D eigenvalue weighted by molar-refractivity contribution is 7.19. The monoisotopic (exact) mass is 456 g/mol. The van der Waals surface area contributed by atoms with Crippen LogP contribution in [0.25, 0.3) is 49.2 Å². The molecule has 0 bridgehead atoms. The van der Waals surface area contributed by atoms with E-state index >= 15 is 0 Å². The van der Waals surface area contributed by atoms with Gasteiger partial charge in [0.2, 0.25) is 0 Å². The van der Waals surface area contributed by atoms with E-state index in [1.807, 2.05) is 11.3 Å². The molecule has 6 rings (SSSR count). The van der Waals surface area contributed by atoms with E-state index < -0.39 is 0 Å². The van der Waals surface area contributed by atoms with E-state index in [1.165, 1.54) is 59.1 Å². The topological polar surface area (TPSA) is 0 Å². The number of thiophene rings is 1. The van der Waals surface area contributed by atoms with Gasteiger partial charge >= 0.3 is 0 Å². The van der Waals surface area contributed by atoms with E-state index in [1.54, 1.807) is 0 Å². The fourth-order valence-electron chi connectivity index (χ4n) is 5.69. The standard InChI is InChI=1S/C33H28S/c1-4-6-21-33(3,32-27(12-5-2)24-15-9-10-18-30(24)34-32)29-20-19-26-23-14-8-7-13-22(23)25-16-11-17-28(29)31(25)26/h5-21H,4H2,1-3H3/b12-5-,21-6-. The predicted octanol–water partition coefficient (Wildman–Crippen LogP) is 10.0. The average Bonchev–Trinajstić information content (AvgIpc) is 3.41. The molecule has 0 N–H and O–H groups in total. The molecule has 1 aromatic heterocycles. The van der Waals surface area contributed by atoms with Crippen molar-refractivity contribution < 1.29 is 0 Å². The summed E-state index contributed by atoms with van der Waals surface area (Å²) in [5, 5.41) is 4.10. The summed E-state index contributed by atoms with van der Waals surface area (Å²) in [4.78, 5) is 1.41. The number of hydrogen-bond acceptors (Lipinski definition) is 1. The maximum Gasteiger partial charge on any atom is 0.0460 e. The normalized spacial score (nSPS) is 14.4. The van der Waals surface area contributed by atoms with Crippen molar-refractivity contribution in [3.63, 3.8) is 0 Å². The quantitative estimate of drug-likeness (QED) is 0.226. The van der Waals surface area contributed by atoms with Crippen LogP contribution in [0.15, 0.2) is 97.1 Å². The molecule has 0 saturated heterocycles. The van der Waals surface area contributed by atoms with E-state index in [4.69, 9.17) is 0 Å². The molecule has 0 aliphatic heterocycles. The van der Waals surface area contributed by atoms with Gasteiger partial charge in [0, 0.05) is 15.0 Å². The van der Waals surface area contributed by atoms with Crippen molar-refractivity contribution in [3.05, 3.63) is 113 Å². The van der Waals surface area contributed by atoms with Crippen molar-refractivity contribution in [2.75, 3.05) is 0 Å². The van der Waals surface area contributed by atoms with Gasteiger partial charge in [-0.25, -0.2) is 0 Å². The first-order chi connectivity index (χ1) is 16.7. The fourth-order valence-corrected chi connectivity index (χ4v) is 7.02. The van der Waals surface area contributed by atoms with Gasteiger partial charge in [0.15, 0.2) is 0 Å². The zero-order chi connectivity index (χ0) is 23.3. The van der Waals surface area contributed by atoms with E-state index in [9.17, 15) is 0 Å². The number of allylic oxidation sites excluding steroid dienone is 3. The van der Waals surface area contributed by atoms with Gasteiger partial charge in [0.05, 0.1) is 0 Å².